The van der Waals surface area contributed by atoms with Crippen LogP contribution in [0, 0.1) is 0 Å². The Hall–Kier alpha value is -4.68. The second-order valence-corrected chi connectivity index (χ2v) is 12.9. The number of nitrogens with zero attached hydrogens (tertiary/aromatic N) is 6. The van der Waals surface area contributed by atoms with Crippen molar-refractivity contribution in [1.29, 1.82) is 0 Å². The molecule has 8 rings (SSSR count). The standard InChI is InChI=1S/C24H28N4O3.C13H14N2O3.ClH/c29-23(30-19-9-7-14-27(17-19)16-18-8-3-5-13-25-18)21-11-4-6-15-28(21)24-26-20-10-1-2-12-22(20)31-24;16-12(17)10-6-3-4-8-15(10)13-14-9-5-1-2-7-11(9)18-13;/h1-3,5,8,10,12-13,19,21H,4,6-7,9,11,14-17H2;1-2,5,7,10H,3-4,6,8H2,(H,16,17);1H/t19?,21-;10-;/m00./s1. The SMILES string of the molecule is Cl.O=C(O)[C@@H]1CCCCN1c1nc2ccccc2o1.O=C(OC1CCCN(Cc2ccccn2)C1)[C@@H]1CCCCN1c1nc2ccccc2o1. The molecule has 13 heteroatoms. The Kier molecular flexibility index (Phi) is 11.5. The lowest BCUT2D eigenvalue weighted by molar-refractivity contribution is -0.154. The quantitative estimate of drug-likeness (QED) is 0.186. The summed E-state index contributed by atoms with van der Waals surface area (Å²) in [7, 11) is 0. The highest BCUT2D eigenvalue weighted by molar-refractivity contribution is 5.85. The first-order chi connectivity index (χ1) is 24.0. The Morgan fingerprint density at radius 2 is 1.34 bits per heavy atom. The van der Waals surface area contributed by atoms with Gasteiger partial charge in [0.15, 0.2) is 11.2 Å². The number of hydrogen-bond donors (Lipinski definition) is 1. The lowest BCUT2D eigenvalue weighted by Gasteiger charge is -2.36. The molecule has 0 bridgehead atoms. The molecule has 3 saturated heterocycles. The van der Waals surface area contributed by atoms with Gasteiger partial charge in [-0.3, -0.25) is 9.88 Å². The van der Waals surface area contributed by atoms with Crippen LogP contribution in [0.25, 0.3) is 22.2 Å². The number of ether oxygens (including phenoxy) is 1. The number of oxazole rings is 2. The molecule has 2 aromatic carbocycles. The predicted octanol–water partition coefficient (Wildman–Crippen LogP) is 6.48. The third-order valence-electron chi connectivity index (χ3n) is 9.48. The van der Waals surface area contributed by atoms with E-state index in [0.29, 0.717) is 30.6 Å². The molecule has 0 aliphatic carbocycles. The van der Waals surface area contributed by atoms with Crippen LogP contribution in [0.3, 0.4) is 0 Å². The molecule has 3 aliphatic rings. The van der Waals surface area contributed by atoms with Crippen molar-refractivity contribution in [3.8, 4) is 0 Å². The minimum atomic E-state index is -0.808. The molecule has 3 aliphatic heterocycles. The van der Waals surface area contributed by atoms with Gasteiger partial charge >= 0.3 is 11.9 Å². The Bertz CT molecular complexity index is 1800. The molecule has 50 heavy (non-hydrogen) atoms. The Morgan fingerprint density at radius 1 is 0.740 bits per heavy atom. The summed E-state index contributed by atoms with van der Waals surface area (Å²) >= 11 is 0. The van der Waals surface area contributed by atoms with Gasteiger partial charge in [-0.15, -0.1) is 12.4 Å². The first-order valence-electron chi connectivity index (χ1n) is 17.3. The number of rotatable bonds is 7. The number of carboxylic acid groups (broad SMARTS) is 1. The van der Waals surface area contributed by atoms with Gasteiger partial charge in [0.05, 0.1) is 5.69 Å². The van der Waals surface area contributed by atoms with Crippen molar-refractivity contribution in [2.45, 2.75) is 76.1 Å². The van der Waals surface area contributed by atoms with E-state index in [2.05, 4.69) is 19.9 Å². The van der Waals surface area contributed by atoms with E-state index in [0.717, 1.165) is 93.4 Å². The number of esters is 1. The highest BCUT2D eigenvalue weighted by Crippen LogP contribution is 2.30. The summed E-state index contributed by atoms with van der Waals surface area (Å²) in [6.07, 6.45) is 9.01. The van der Waals surface area contributed by atoms with E-state index in [-0.39, 0.29) is 30.5 Å². The number of aromatic nitrogens is 3. The predicted molar refractivity (Wildman–Crippen MR) is 191 cm³/mol. The van der Waals surface area contributed by atoms with Crippen molar-refractivity contribution in [1.82, 2.24) is 19.9 Å². The van der Waals surface area contributed by atoms with Gasteiger partial charge in [0.25, 0.3) is 12.0 Å². The topological polar surface area (TPSA) is 138 Å². The van der Waals surface area contributed by atoms with E-state index in [1.165, 1.54) is 0 Å². The maximum atomic E-state index is 13.2. The minimum absolute atomic E-state index is 0. The number of para-hydroxylation sites is 4. The molecule has 5 aromatic rings. The molecule has 3 aromatic heterocycles. The second-order valence-electron chi connectivity index (χ2n) is 12.9. The molecule has 0 spiro atoms. The van der Waals surface area contributed by atoms with Crippen molar-refractivity contribution in [2.24, 2.45) is 0 Å². The van der Waals surface area contributed by atoms with E-state index >= 15 is 0 Å². The van der Waals surface area contributed by atoms with Crippen molar-refractivity contribution >= 4 is 58.6 Å². The fourth-order valence-corrected chi connectivity index (χ4v) is 7.01. The fourth-order valence-electron chi connectivity index (χ4n) is 7.01. The van der Waals surface area contributed by atoms with Gasteiger partial charge in [-0.1, -0.05) is 30.3 Å². The number of hydrogen-bond acceptors (Lipinski definition) is 11. The first-order valence-corrected chi connectivity index (χ1v) is 17.3. The smallest absolute Gasteiger partial charge is 0.329 e. The van der Waals surface area contributed by atoms with Gasteiger partial charge in [0.1, 0.15) is 29.2 Å². The van der Waals surface area contributed by atoms with Crippen LogP contribution in [-0.2, 0) is 20.9 Å². The summed E-state index contributed by atoms with van der Waals surface area (Å²) in [6, 6.07) is 21.2. The minimum Gasteiger partial charge on any atom is -0.480 e. The number of benzene rings is 2. The monoisotopic (exact) mass is 702 g/mol. The largest absolute Gasteiger partial charge is 0.480 e. The average molecular weight is 703 g/mol. The Balaban J connectivity index is 0.000000194. The van der Waals surface area contributed by atoms with Crippen molar-refractivity contribution in [3.05, 3.63) is 78.6 Å². The summed E-state index contributed by atoms with van der Waals surface area (Å²) in [4.78, 5) is 43.9. The van der Waals surface area contributed by atoms with Crippen LogP contribution < -0.4 is 9.80 Å². The van der Waals surface area contributed by atoms with Crippen LogP contribution in [-0.4, -0.2) is 81.3 Å². The van der Waals surface area contributed by atoms with Gasteiger partial charge in [0.2, 0.25) is 0 Å². The fraction of sp³-hybridized carbons (Fsp3) is 0.432. The van der Waals surface area contributed by atoms with Gasteiger partial charge in [-0.25, -0.2) is 9.59 Å². The number of carboxylic acids is 1. The molecular formula is C37H43ClN6O6. The van der Waals surface area contributed by atoms with Crippen molar-refractivity contribution in [2.75, 3.05) is 36.0 Å². The summed E-state index contributed by atoms with van der Waals surface area (Å²) < 4.78 is 17.6. The second kappa shape index (κ2) is 16.4. The third kappa shape index (κ3) is 8.19. The van der Waals surface area contributed by atoms with Gasteiger partial charge in [0, 0.05) is 32.4 Å². The molecule has 0 amide bonds. The van der Waals surface area contributed by atoms with E-state index in [4.69, 9.17) is 13.6 Å². The number of piperidine rings is 3. The van der Waals surface area contributed by atoms with Crippen molar-refractivity contribution in [3.63, 3.8) is 0 Å². The molecule has 0 radical (unpaired) electrons. The lowest BCUT2D eigenvalue weighted by Crippen LogP contribution is -2.48. The Morgan fingerprint density at radius 3 is 1.94 bits per heavy atom. The molecule has 12 nitrogen and oxygen atoms in total. The molecule has 3 atom stereocenters. The van der Waals surface area contributed by atoms with Crippen LogP contribution >= 0.6 is 12.4 Å². The number of likely N-dealkylation sites (tertiary alicyclic amines) is 1. The van der Waals surface area contributed by atoms with E-state index in [9.17, 15) is 14.7 Å². The number of aliphatic carboxylic acids is 1. The van der Waals surface area contributed by atoms with Crippen LogP contribution in [0.4, 0.5) is 12.0 Å². The first kappa shape index (κ1) is 35.2. The van der Waals surface area contributed by atoms with Crippen LogP contribution in [0.5, 0.6) is 0 Å². The zero-order valence-corrected chi connectivity index (χ0v) is 28.7. The van der Waals surface area contributed by atoms with Crippen LogP contribution in [0.15, 0.2) is 81.8 Å². The molecule has 1 unspecified atom stereocenters. The summed E-state index contributed by atoms with van der Waals surface area (Å²) in [5.74, 6) is -0.969. The molecule has 264 valence electrons. The normalized spacial score (nSPS) is 21.2. The van der Waals surface area contributed by atoms with Crippen molar-refractivity contribution < 1.29 is 28.3 Å². The lowest BCUT2D eigenvalue weighted by atomic mass is 10.0. The highest BCUT2D eigenvalue weighted by atomic mass is 35.5. The van der Waals surface area contributed by atoms with E-state index in [1.54, 1.807) is 4.90 Å². The highest BCUT2D eigenvalue weighted by Gasteiger charge is 2.35. The number of anilines is 2. The van der Waals surface area contributed by atoms with Crippen LogP contribution in [0.2, 0.25) is 0 Å². The van der Waals surface area contributed by atoms with E-state index in [1.807, 2.05) is 77.8 Å². The summed E-state index contributed by atoms with van der Waals surface area (Å²) in [5, 5.41) is 9.23. The number of halogens is 1. The van der Waals surface area contributed by atoms with E-state index < -0.39 is 12.0 Å². The maximum Gasteiger partial charge on any atom is 0.329 e. The number of fused-ring (bicyclic) bond motifs is 2. The van der Waals surface area contributed by atoms with Crippen LogP contribution in [0.1, 0.15) is 57.1 Å². The molecule has 0 saturated carbocycles. The zero-order chi connectivity index (χ0) is 33.6. The summed E-state index contributed by atoms with van der Waals surface area (Å²) in [5.41, 5.74) is 4.06. The molecule has 1 N–H and O–H groups in total. The molecular weight excluding hydrogens is 660 g/mol. The number of carbonyl (C=O) groups is 2. The zero-order valence-electron chi connectivity index (χ0n) is 27.9. The summed E-state index contributed by atoms with van der Waals surface area (Å²) in [6.45, 7) is 3.97. The average Bonchev–Trinajstić information content (AvgIpc) is 3.77. The Labute approximate surface area is 296 Å². The maximum absolute atomic E-state index is 13.2. The number of pyridine rings is 1. The third-order valence-corrected chi connectivity index (χ3v) is 9.48. The van der Waals surface area contributed by atoms with Gasteiger partial charge < -0.3 is 28.5 Å². The van der Waals surface area contributed by atoms with Gasteiger partial charge in [-0.05, 0) is 94.3 Å². The van der Waals surface area contributed by atoms with Gasteiger partial charge in [-0.2, -0.15) is 9.97 Å². The number of carbonyl (C=O) groups excluding carboxylic acids is 1. The molecule has 6 heterocycles. The molecule has 3 fully saturated rings.